The summed E-state index contributed by atoms with van der Waals surface area (Å²) < 4.78 is 3.50. The number of hydrogen-bond acceptors (Lipinski definition) is 3. The Morgan fingerprint density at radius 2 is 1.90 bits per heavy atom. The minimum absolute atomic E-state index is 0.0298. The van der Waals surface area contributed by atoms with Gasteiger partial charge >= 0.3 is 5.97 Å². The van der Waals surface area contributed by atoms with Gasteiger partial charge in [0.15, 0.2) is 5.69 Å². The topological polar surface area (TPSA) is 72.9 Å². The van der Waals surface area contributed by atoms with E-state index in [9.17, 15) is 4.79 Å². The zero-order valence-electron chi connectivity index (χ0n) is 11.7. The number of aryl methyl sites for hydroxylation is 2. The first-order chi connectivity index (χ1) is 10.1. The maximum absolute atomic E-state index is 11.1. The lowest BCUT2D eigenvalue weighted by Crippen LogP contribution is -2.00. The first-order valence-electron chi connectivity index (χ1n) is 6.42. The first-order valence-corrected chi connectivity index (χ1v) is 6.42. The van der Waals surface area contributed by atoms with Gasteiger partial charge in [-0.05, 0) is 6.07 Å². The lowest BCUT2D eigenvalue weighted by atomic mass is 10.0. The molecule has 21 heavy (non-hydrogen) atoms. The maximum Gasteiger partial charge on any atom is 0.356 e. The molecule has 3 rings (SSSR count). The highest BCUT2D eigenvalue weighted by atomic mass is 16.4. The van der Waals surface area contributed by atoms with Gasteiger partial charge < -0.3 is 9.67 Å². The minimum atomic E-state index is -1.04. The molecule has 0 saturated carbocycles. The molecule has 6 heteroatoms. The summed E-state index contributed by atoms with van der Waals surface area (Å²) in [6.07, 6.45) is 3.61. The highest BCUT2D eigenvalue weighted by Gasteiger charge is 2.17. The van der Waals surface area contributed by atoms with Gasteiger partial charge in [-0.2, -0.15) is 5.10 Å². The van der Waals surface area contributed by atoms with E-state index in [0.717, 1.165) is 22.6 Å². The summed E-state index contributed by atoms with van der Waals surface area (Å²) in [5.74, 6) is -0.213. The number of imidazole rings is 1. The molecule has 3 aromatic rings. The van der Waals surface area contributed by atoms with Crippen LogP contribution in [0.5, 0.6) is 0 Å². The summed E-state index contributed by atoms with van der Waals surface area (Å²) in [6.45, 7) is 0. The van der Waals surface area contributed by atoms with Crippen molar-refractivity contribution in [2.45, 2.75) is 0 Å². The normalized spacial score (nSPS) is 10.8. The summed E-state index contributed by atoms with van der Waals surface area (Å²) in [5, 5.41) is 13.1. The lowest BCUT2D eigenvalue weighted by Gasteiger charge is -2.09. The molecule has 0 atom stereocenters. The van der Waals surface area contributed by atoms with Gasteiger partial charge in [0.1, 0.15) is 5.82 Å². The van der Waals surface area contributed by atoms with Crippen LogP contribution >= 0.6 is 0 Å². The Morgan fingerprint density at radius 1 is 1.19 bits per heavy atom. The predicted octanol–water partition coefficient (Wildman–Crippen LogP) is 2.19. The fourth-order valence-corrected chi connectivity index (χ4v) is 2.35. The van der Waals surface area contributed by atoms with Gasteiger partial charge in [-0.1, -0.05) is 24.3 Å². The van der Waals surface area contributed by atoms with Crippen molar-refractivity contribution in [1.82, 2.24) is 19.3 Å². The Hall–Kier alpha value is -2.89. The van der Waals surface area contributed by atoms with Crippen LogP contribution in [-0.2, 0) is 14.1 Å². The third kappa shape index (κ3) is 2.20. The lowest BCUT2D eigenvalue weighted by molar-refractivity contribution is 0.0689. The van der Waals surface area contributed by atoms with Crippen LogP contribution in [0.2, 0.25) is 0 Å². The van der Waals surface area contributed by atoms with Crippen molar-refractivity contribution in [1.29, 1.82) is 0 Å². The van der Waals surface area contributed by atoms with Gasteiger partial charge in [0, 0.05) is 37.6 Å². The fourth-order valence-electron chi connectivity index (χ4n) is 2.35. The van der Waals surface area contributed by atoms with Crippen LogP contribution < -0.4 is 0 Å². The van der Waals surface area contributed by atoms with Crippen molar-refractivity contribution >= 4 is 5.97 Å². The molecule has 1 aromatic carbocycles. The number of carbonyl (C=O) groups is 1. The molecule has 0 spiro atoms. The Kier molecular flexibility index (Phi) is 3.06. The first kappa shape index (κ1) is 13.1. The van der Waals surface area contributed by atoms with Crippen LogP contribution in [0.3, 0.4) is 0 Å². The summed E-state index contributed by atoms with van der Waals surface area (Å²) in [6, 6.07) is 9.32. The number of hydrogen-bond donors (Lipinski definition) is 1. The number of nitrogens with zero attached hydrogens (tertiary/aromatic N) is 4. The van der Waals surface area contributed by atoms with E-state index < -0.39 is 5.97 Å². The Balaban J connectivity index is 2.20. The molecule has 0 aliphatic carbocycles. The quantitative estimate of drug-likeness (QED) is 0.799. The minimum Gasteiger partial charge on any atom is -0.476 e. The van der Waals surface area contributed by atoms with E-state index in [4.69, 9.17) is 5.11 Å². The van der Waals surface area contributed by atoms with Crippen LogP contribution in [0.15, 0.2) is 42.7 Å². The third-order valence-electron chi connectivity index (χ3n) is 3.36. The number of benzene rings is 1. The molecule has 2 aromatic heterocycles. The van der Waals surface area contributed by atoms with Crippen molar-refractivity contribution in [2.24, 2.45) is 14.1 Å². The average molecular weight is 282 g/mol. The third-order valence-corrected chi connectivity index (χ3v) is 3.36. The van der Waals surface area contributed by atoms with Gasteiger partial charge in [0.05, 0.1) is 5.69 Å². The second kappa shape index (κ2) is 4.90. The van der Waals surface area contributed by atoms with E-state index in [-0.39, 0.29) is 5.69 Å². The van der Waals surface area contributed by atoms with Crippen LogP contribution in [0.4, 0.5) is 0 Å². The Morgan fingerprint density at radius 3 is 2.48 bits per heavy atom. The van der Waals surface area contributed by atoms with Crippen molar-refractivity contribution in [3.63, 3.8) is 0 Å². The average Bonchev–Trinajstić information content (AvgIpc) is 3.05. The molecule has 0 bridgehead atoms. The smallest absolute Gasteiger partial charge is 0.356 e. The zero-order valence-corrected chi connectivity index (χ0v) is 11.7. The van der Waals surface area contributed by atoms with Gasteiger partial charge in [-0.25, -0.2) is 9.78 Å². The molecule has 0 unspecified atom stereocenters. The monoisotopic (exact) mass is 282 g/mol. The molecule has 2 heterocycles. The highest BCUT2D eigenvalue weighted by Crippen LogP contribution is 2.30. The number of rotatable bonds is 3. The van der Waals surface area contributed by atoms with Crippen molar-refractivity contribution in [3.05, 3.63) is 48.4 Å². The summed E-state index contributed by atoms with van der Waals surface area (Å²) in [5.41, 5.74) is 2.60. The van der Waals surface area contributed by atoms with Crippen LogP contribution in [0, 0.1) is 0 Å². The predicted molar refractivity (Wildman–Crippen MR) is 77.8 cm³/mol. The number of aromatic carboxylic acids is 1. The Bertz CT molecular complexity index is 817. The molecule has 106 valence electrons. The number of carboxylic acid groups (broad SMARTS) is 1. The maximum atomic E-state index is 11.1. The second-order valence-electron chi connectivity index (χ2n) is 4.75. The van der Waals surface area contributed by atoms with E-state index in [0.29, 0.717) is 0 Å². The molecule has 0 radical (unpaired) electrons. The van der Waals surface area contributed by atoms with Crippen LogP contribution in [0.25, 0.3) is 22.6 Å². The van der Waals surface area contributed by atoms with Gasteiger partial charge in [-0.15, -0.1) is 0 Å². The van der Waals surface area contributed by atoms with Crippen LogP contribution in [-0.4, -0.2) is 30.4 Å². The molecular formula is C15H14N4O2. The molecule has 0 fully saturated rings. The van der Waals surface area contributed by atoms with Gasteiger partial charge in [0.2, 0.25) is 0 Å². The molecule has 0 amide bonds. The van der Waals surface area contributed by atoms with Crippen molar-refractivity contribution < 1.29 is 9.90 Å². The molecule has 0 aliphatic heterocycles. The molecule has 0 saturated heterocycles. The van der Waals surface area contributed by atoms with Gasteiger partial charge in [-0.3, -0.25) is 4.68 Å². The SMILES string of the molecule is Cn1ccnc1-c1ccccc1-c1cc(C(=O)O)nn1C. The molecular weight excluding hydrogens is 268 g/mol. The fraction of sp³-hybridized carbons (Fsp3) is 0.133. The Labute approximate surface area is 121 Å². The van der Waals surface area contributed by atoms with Gasteiger partial charge in [0.25, 0.3) is 0 Å². The van der Waals surface area contributed by atoms with Crippen molar-refractivity contribution in [3.8, 4) is 22.6 Å². The summed E-state index contributed by atoms with van der Waals surface area (Å²) in [7, 11) is 3.65. The summed E-state index contributed by atoms with van der Waals surface area (Å²) >= 11 is 0. The van der Waals surface area contributed by atoms with E-state index in [1.165, 1.54) is 0 Å². The number of carboxylic acids is 1. The zero-order chi connectivity index (χ0) is 15.0. The molecule has 0 aliphatic rings. The summed E-state index contributed by atoms with van der Waals surface area (Å²) in [4.78, 5) is 15.4. The van der Waals surface area contributed by atoms with E-state index in [1.54, 1.807) is 24.0 Å². The molecule has 1 N–H and O–H groups in total. The number of aromatic nitrogens is 4. The largest absolute Gasteiger partial charge is 0.476 e. The van der Waals surface area contributed by atoms with E-state index in [1.807, 2.05) is 42.1 Å². The van der Waals surface area contributed by atoms with Crippen LogP contribution in [0.1, 0.15) is 10.5 Å². The standard InChI is InChI=1S/C15H14N4O2/c1-18-8-7-16-14(18)11-6-4-3-5-10(11)13-9-12(15(20)21)17-19(13)2/h3-9H,1-2H3,(H,20,21). The van der Waals surface area contributed by atoms with Crippen molar-refractivity contribution in [2.75, 3.05) is 0 Å². The highest BCUT2D eigenvalue weighted by molar-refractivity contribution is 5.88. The second-order valence-corrected chi connectivity index (χ2v) is 4.75. The molecule has 6 nitrogen and oxygen atoms in total. The van der Waals surface area contributed by atoms with E-state index in [2.05, 4.69) is 10.1 Å². The van der Waals surface area contributed by atoms with E-state index >= 15 is 0 Å².